The third-order valence-corrected chi connectivity index (χ3v) is 5.07. The van der Waals surface area contributed by atoms with Crippen LogP contribution in [0.3, 0.4) is 0 Å². The van der Waals surface area contributed by atoms with E-state index < -0.39 is 18.3 Å². The molecule has 32 heavy (non-hydrogen) atoms. The third kappa shape index (κ3) is 8.19. The zero-order chi connectivity index (χ0) is 22.4. The van der Waals surface area contributed by atoms with Crippen molar-refractivity contribution in [3.8, 4) is 0 Å². The van der Waals surface area contributed by atoms with Gasteiger partial charge in [0.1, 0.15) is 18.3 Å². The molecule has 1 N–H and O–H groups in total. The Morgan fingerprint density at radius 2 is 1.09 bits per heavy atom. The van der Waals surface area contributed by atoms with Crippen molar-refractivity contribution in [2.75, 3.05) is 20.3 Å². The molecule has 0 fully saturated rings. The van der Waals surface area contributed by atoms with Crippen molar-refractivity contribution in [2.45, 2.75) is 38.1 Å². The fourth-order valence-electron chi connectivity index (χ4n) is 3.38. The Kier molecular flexibility index (Phi) is 10.4. The van der Waals surface area contributed by atoms with Gasteiger partial charge >= 0.3 is 0 Å². The number of aliphatic hydroxyl groups excluding tert-OH is 1. The number of benzene rings is 3. The molecule has 170 valence electrons. The van der Waals surface area contributed by atoms with E-state index in [-0.39, 0.29) is 6.61 Å². The SMILES string of the molecule is COC[C@@H](OCc1ccccc1)[C@@H](OCc1ccccc1)[C@H](O)COCc1ccccc1. The summed E-state index contributed by atoms with van der Waals surface area (Å²) in [6.45, 7) is 1.60. The first-order chi connectivity index (χ1) is 15.8. The minimum Gasteiger partial charge on any atom is -0.388 e. The highest BCUT2D eigenvalue weighted by atomic mass is 16.6. The van der Waals surface area contributed by atoms with E-state index in [4.69, 9.17) is 18.9 Å². The van der Waals surface area contributed by atoms with Gasteiger partial charge in [-0.25, -0.2) is 0 Å². The van der Waals surface area contributed by atoms with Crippen LogP contribution >= 0.6 is 0 Å². The van der Waals surface area contributed by atoms with Gasteiger partial charge in [0.05, 0.1) is 33.0 Å². The highest BCUT2D eigenvalue weighted by Crippen LogP contribution is 2.16. The van der Waals surface area contributed by atoms with Crippen LogP contribution in [0.5, 0.6) is 0 Å². The van der Waals surface area contributed by atoms with Crippen LogP contribution in [0.15, 0.2) is 91.0 Å². The van der Waals surface area contributed by atoms with Gasteiger partial charge in [0.2, 0.25) is 0 Å². The maximum Gasteiger partial charge on any atom is 0.114 e. The molecule has 3 aromatic rings. The Balaban J connectivity index is 1.64. The lowest BCUT2D eigenvalue weighted by Crippen LogP contribution is -2.45. The number of hydrogen-bond acceptors (Lipinski definition) is 5. The number of methoxy groups -OCH3 is 1. The normalized spacial score (nSPS) is 14.1. The zero-order valence-electron chi connectivity index (χ0n) is 18.5. The van der Waals surface area contributed by atoms with E-state index in [1.54, 1.807) is 7.11 Å². The average molecular weight is 437 g/mol. The molecule has 0 unspecified atom stereocenters. The predicted octanol–water partition coefficient (Wildman–Crippen LogP) is 4.38. The van der Waals surface area contributed by atoms with Crippen molar-refractivity contribution in [1.82, 2.24) is 0 Å². The number of rotatable bonds is 14. The minimum absolute atomic E-state index is 0.128. The first-order valence-corrected chi connectivity index (χ1v) is 10.9. The molecule has 0 radical (unpaired) electrons. The van der Waals surface area contributed by atoms with Gasteiger partial charge in [-0.2, -0.15) is 0 Å². The first-order valence-electron chi connectivity index (χ1n) is 10.9. The molecule has 0 saturated heterocycles. The second-order valence-corrected chi connectivity index (χ2v) is 7.62. The van der Waals surface area contributed by atoms with Crippen LogP contribution in [0.25, 0.3) is 0 Å². The summed E-state index contributed by atoms with van der Waals surface area (Å²) in [5.74, 6) is 0. The van der Waals surface area contributed by atoms with Crippen molar-refractivity contribution in [2.24, 2.45) is 0 Å². The van der Waals surface area contributed by atoms with E-state index in [0.717, 1.165) is 16.7 Å². The topological polar surface area (TPSA) is 57.2 Å². The smallest absolute Gasteiger partial charge is 0.114 e. The van der Waals surface area contributed by atoms with E-state index in [1.807, 2.05) is 91.0 Å². The van der Waals surface area contributed by atoms with Crippen LogP contribution in [0.1, 0.15) is 16.7 Å². The molecule has 5 nitrogen and oxygen atoms in total. The number of ether oxygens (including phenoxy) is 4. The van der Waals surface area contributed by atoms with Crippen molar-refractivity contribution in [3.63, 3.8) is 0 Å². The van der Waals surface area contributed by atoms with E-state index in [2.05, 4.69) is 0 Å². The summed E-state index contributed by atoms with van der Waals surface area (Å²) in [5, 5.41) is 11.0. The Morgan fingerprint density at radius 1 is 0.625 bits per heavy atom. The molecule has 0 spiro atoms. The molecule has 0 heterocycles. The Hall–Kier alpha value is -2.54. The fraction of sp³-hybridized carbons (Fsp3) is 0.333. The average Bonchev–Trinajstić information content (AvgIpc) is 2.84. The van der Waals surface area contributed by atoms with Gasteiger partial charge in [0.15, 0.2) is 0 Å². The second-order valence-electron chi connectivity index (χ2n) is 7.62. The summed E-state index contributed by atoms with van der Waals surface area (Å²) in [7, 11) is 1.62. The second kappa shape index (κ2) is 13.8. The Bertz CT molecular complexity index is 857. The summed E-state index contributed by atoms with van der Waals surface area (Å²) < 4.78 is 23.5. The summed E-state index contributed by atoms with van der Waals surface area (Å²) in [5.41, 5.74) is 3.12. The molecule has 0 amide bonds. The number of aliphatic hydroxyl groups is 1. The lowest BCUT2D eigenvalue weighted by Gasteiger charge is -2.31. The number of hydrogen-bond donors (Lipinski definition) is 1. The molecular formula is C27H32O5. The third-order valence-electron chi connectivity index (χ3n) is 5.07. The summed E-state index contributed by atoms with van der Waals surface area (Å²) in [6.07, 6.45) is -1.95. The molecule has 3 rings (SSSR count). The van der Waals surface area contributed by atoms with Crippen LogP contribution in [0, 0.1) is 0 Å². The summed E-state index contributed by atoms with van der Waals surface area (Å²) in [4.78, 5) is 0. The quantitative estimate of drug-likeness (QED) is 0.406. The van der Waals surface area contributed by atoms with Crippen molar-refractivity contribution < 1.29 is 24.1 Å². The van der Waals surface area contributed by atoms with Crippen LogP contribution in [0.2, 0.25) is 0 Å². The lowest BCUT2D eigenvalue weighted by molar-refractivity contribution is -0.160. The van der Waals surface area contributed by atoms with Crippen molar-refractivity contribution in [1.29, 1.82) is 0 Å². The van der Waals surface area contributed by atoms with Crippen LogP contribution in [-0.2, 0) is 38.8 Å². The maximum absolute atomic E-state index is 11.0. The Labute approximate surface area is 190 Å². The molecule has 0 aliphatic rings. The molecule has 0 aromatic heterocycles. The van der Waals surface area contributed by atoms with E-state index >= 15 is 0 Å². The van der Waals surface area contributed by atoms with Crippen LogP contribution in [0.4, 0.5) is 0 Å². The summed E-state index contributed by atoms with van der Waals surface area (Å²) in [6, 6.07) is 29.7. The van der Waals surface area contributed by atoms with Crippen molar-refractivity contribution >= 4 is 0 Å². The largest absolute Gasteiger partial charge is 0.388 e. The van der Waals surface area contributed by atoms with Gasteiger partial charge in [-0.1, -0.05) is 91.0 Å². The van der Waals surface area contributed by atoms with Gasteiger partial charge in [0, 0.05) is 7.11 Å². The molecular weight excluding hydrogens is 404 g/mol. The van der Waals surface area contributed by atoms with Gasteiger partial charge in [-0.3, -0.25) is 0 Å². The Morgan fingerprint density at radius 3 is 1.59 bits per heavy atom. The zero-order valence-corrected chi connectivity index (χ0v) is 18.5. The molecule has 0 saturated carbocycles. The van der Waals surface area contributed by atoms with Crippen LogP contribution in [-0.4, -0.2) is 43.7 Å². The molecule has 3 aromatic carbocycles. The maximum atomic E-state index is 11.0. The highest BCUT2D eigenvalue weighted by molar-refractivity contribution is 5.15. The van der Waals surface area contributed by atoms with Gasteiger partial charge in [-0.05, 0) is 16.7 Å². The van der Waals surface area contributed by atoms with Crippen molar-refractivity contribution in [3.05, 3.63) is 108 Å². The molecule has 0 bridgehead atoms. The van der Waals surface area contributed by atoms with Gasteiger partial charge in [-0.15, -0.1) is 0 Å². The predicted molar refractivity (Wildman–Crippen MR) is 124 cm³/mol. The van der Waals surface area contributed by atoms with Crippen LogP contribution < -0.4 is 0 Å². The molecule has 5 heteroatoms. The summed E-state index contributed by atoms with van der Waals surface area (Å²) >= 11 is 0. The van der Waals surface area contributed by atoms with Gasteiger partial charge < -0.3 is 24.1 Å². The molecule has 0 aliphatic heterocycles. The monoisotopic (exact) mass is 436 g/mol. The first kappa shape index (κ1) is 24.1. The van der Waals surface area contributed by atoms with E-state index in [1.165, 1.54) is 0 Å². The fourth-order valence-corrected chi connectivity index (χ4v) is 3.38. The molecule has 0 aliphatic carbocycles. The van der Waals surface area contributed by atoms with Gasteiger partial charge in [0.25, 0.3) is 0 Å². The highest BCUT2D eigenvalue weighted by Gasteiger charge is 2.31. The lowest BCUT2D eigenvalue weighted by atomic mass is 10.1. The van der Waals surface area contributed by atoms with E-state index in [0.29, 0.717) is 26.4 Å². The standard InChI is InChI=1S/C27H32O5/c1-29-21-26(31-18-23-13-7-3-8-14-23)27(32-19-24-15-9-4-10-16-24)25(28)20-30-17-22-11-5-2-6-12-22/h2-16,25-28H,17-21H2,1H3/t25-,26-,27+/m1/s1. The minimum atomic E-state index is -0.877. The molecule has 3 atom stereocenters. The van der Waals surface area contributed by atoms with E-state index in [9.17, 15) is 5.11 Å².